The number of carbonyl (C=O) groups excluding carboxylic acids is 1. The minimum absolute atomic E-state index is 0.153. The fourth-order valence-corrected chi connectivity index (χ4v) is 1.30. The van der Waals surface area contributed by atoms with Gasteiger partial charge in [0.05, 0.1) is 11.3 Å². The summed E-state index contributed by atoms with van der Waals surface area (Å²) in [4.78, 5) is 11.0. The van der Waals surface area contributed by atoms with Crippen molar-refractivity contribution in [1.29, 1.82) is 5.26 Å². The number of halogens is 1. The van der Waals surface area contributed by atoms with Crippen LogP contribution in [0.2, 0.25) is 0 Å². The maximum Gasteiger partial charge on any atom is 0.239 e. The molecule has 16 heavy (non-hydrogen) atoms. The molecule has 5 heteroatoms. The quantitative estimate of drug-likeness (QED) is 0.806. The van der Waals surface area contributed by atoms with Crippen LogP contribution in [-0.4, -0.2) is 11.9 Å². The zero-order valence-electron chi connectivity index (χ0n) is 8.83. The highest BCUT2D eigenvalue weighted by atomic mass is 19.1. The van der Waals surface area contributed by atoms with Gasteiger partial charge in [-0.3, -0.25) is 4.79 Å². The Hall–Kier alpha value is -2.09. The molecule has 0 aliphatic rings. The number of benzene rings is 1. The van der Waals surface area contributed by atoms with E-state index in [-0.39, 0.29) is 5.56 Å². The molecule has 1 atom stereocenters. The topological polar surface area (TPSA) is 78.9 Å². The van der Waals surface area contributed by atoms with Crippen LogP contribution in [0.4, 0.5) is 10.1 Å². The fourth-order valence-electron chi connectivity index (χ4n) is 1.30. The molecule has 84 valence electrons. The zero-order valence-corrected chi connectivity index (χ0v) is 8.83. The van der Waals surface area contributed by atoms with Crippen molar-refractivity contribution in [2.45, 2.75) is 19.4 Å². The van der Waals surface area contributed by atoms with Crippen molar-refractivity contribution in [3.8, 4) is 6.07 Å². The molecule has 0 aliphatic heterocycles. The average Bonchev–Trinajstić information content (AvgIpc) is 2.26. The second kappa shape index (κ2) is 5.12. The van der Waals surface area contributed by atoms with Gasteiger partial charge in [0, 0.05) is 0 Å². The molecule has 1 aromatic carbocycles. The van der Waals surface area contributed by atoms with Crippen LogP contribution < -0.4 is 11.1 Å². The predicted molar refractivity (Wildman–Crippen MR) is 58.0 cm³/mol. The molecule has 4 nitrogen and oxygen atoms in total. The van der Waals surface area contributed by atoms with Crippen molar-refractivity contribution in [3.63, 3.8) is 0 Å². The van der Waals surface area contributed by atoms with Gasteiger partial charge in [0.15, 0.2) is 0 Å². The SMILES string of the molecule is CCC(Nc1ccc(F)cc1C#N)C(N)=O. The van der Waals surface area contributed by atoms with Crippen LogP contribution >= 0.6 is 0 Å². The van der Waals surface area contributed by atoms with E-state index in [4.69, 9.17) is 11.0 Å². The van der Waals surface area contributed by atoms with E-state index in [0.29, 0.717) is 12.1 Å². The molecule has 0 heterocycles. The van der Waals surface area contributed by atoms with Crippen LogP contribution in [0, 0.1) is 17.1 Å². The lowest BCUT2D eigenvalue weighted by Crippen LogP contribution is -2.34. The highest BCUT2D eigenvalue weighted by Crippen LogP contribution is 2.17. The van der Waals surface area contributed by atoms with Crippen LogP contribution in [0.5, 0.6) is 0 Å². The molecule has 0 radical (unpaired) electrons. The summed E-state index contributed by atoms with van der Waals surface area (Å²) < 4.78 is 12.8. The molecule has 0 aliphatic carbocycles. The molecule has 0 saturated carbocycles. The second-order valence-electron chi connectivity index (χ2n) is 3.31. The summed E-state index contributed by atoms with van der Waals surface area (Å²) in [6.07, 6.45) is 0.498. The van der Waals surface area contributed by atoms with Gasteiger partial charge in [-0.2, -0.15) is 5.26 Å². The van der Waals surface area contributed by atoms with Crippen molar-refractivity contribution < 1.29 is 9.18 Å². The van der Waals surface area contributed by atoms with Gasteiger partial charge in [-0.25, -0.2) is 4.39 Å². The number of nitrogens with zero attached hydrogens (tertiary/aromatic N) is 1. The lowest BCUT2D eigenvalue weighted by atomic mass is 10.1. The zero-order chi connectivity index (χ0) is 12.1. The predicted octanol–water partition coefficient (Wildman–Crippen LogP) is 1.37. The molecular weight excluding hydrogens is 209 g/mol. The van der Waals surface area contributed by atoms with E-state index >= 15 is 0 Å². The first-order valence-electron chi connectivity index (χ1n) is 4.84. The van der Waals surface area contributed by atoms with Gasteiger partial charge >= 0.3 is 0 Å². The van der Waals surface area contributed by atoms with E-state index in [0.717, 1.165) is 6.07 Å². The Bertz CT molecular complexity index is 439. The Kier molecular flexibility index (Phi) is 3.84. The molecular formula is C11H12FN3O. The first-order chi connectivity index (χ1) is 7.58. The monoisotopic (exact) mass is 221 g/mol. The van der Waals surface area contributed by atoms with E-state index in [1.165, 1.54) is 12.1 Å². The molecule has 0 spiro atoms. The van der Waals surface area contributed by atoms with Crippen molar-refractivity contribution in [2.75, 3.05) is 5.32 Å². The summed E-state index contributed by atoms with van der Waals surface area (Å²) in [5, 5.41) is 11.6. The molecule has 1 unspecified atom stereocenters. The highest BCUT2D eigenvalue weighted by Gasteiger charge is 2.14. The molecule has 1 rings (SSSR count). The van der Waals surface area contributed by atoms with Crippen LogP contribution in [0.1, 0.15) is 18.9 Å². The van der Waals surface area contributed by atoms with E-state index in [1.54, 1.807) is 6.92 Å². The summed E-state index contributed by atoms with van der Waals surface area (Å²) in [6.45, 7) is 1.79. The summed E-state index contributed by atoms with van der Waals surface area (Å²) in [5.41, 5.74) is 5.72. The van der Waals surface area contributed by atoms with E-state index < -0.39 is 17.8 Å². The fraction of sp³-hybridized carbons (Fsp3) is 0.273. The number of amides is 1. The standard InChI is InChI=1S/C11H12FN3O/c1-2-9(11(14)16)15-10-4-3-8(12)5-7(10)6-13/h3-5,9,15H,2H2,1H3,(H2,14,16). The number of primary amides is 1. The summed E-state index contributed by atoms with van der Waals surface area (Å²) in [5.74, 6) is -0.995. The Labute approximate surface area is 92.9 Å². The number of hydrogen-bond acceptors (Lipinski definition) is 3. The van der Waals surface area contributed by atoms with Crippen LogP contribution in [0.25, 0.3) is 0 Å². The van der Waals surface area contributed by atoms with Crippen molar-refractivity contribution in [1.82, 2.24) is 0 Å². The summed E-state index contributed by atoms with van der Waals surface area (Å²) in [7, 11) is 0. The molecule has 0 saturated heterocycles. The number of rotatable bonds is 4. The van der Waals surface area contributed by atoms with Crippen LogP contribution in [0.15, 0.2) is 18.2 Å². The van der Waals surface area contributed by atoms with Crippen molar-refractivity contribution in [2.24, 2.45) is 5.73 Å². The van der Waals surface area contributed by atoms with Crippen molar-refractivity contribution >= 4 is 11.6 Å². The summed E-state index contributed by atoms with van der Waals surface area (Å²) in [6, 6.07) is 5.03. The van der Waals surface area contributed by atoms with Crippen LogP contribution in [-0.2, 0) is 4.79 Å². The normalized spacial score (nSPS) is 11.6. The van der Waals surface area contributed by atoms with Gasteiger partial charge in [-0.1, -0.05) is 6.92 Å². The van der Waals surface area contributed by atoms with Gasteiger partial charge in [-0.15, -0.1) is 0 Å². The Balaban J connectivity index is 2.97. The van der Waals surface area contributed by atoms with E-state index in [1.807, 2.05) is 6.07 Å². The van der Waals surface area contributed by atoms with Gasteiger partial charge < -0.3 is 11.1 Å². The summed E-state index contributed by atoms with van der Waals surface area (Å²) >= 11 is 0. The third kappa shape index (κ3) is 2.70. The maximum atomic E-state index is 12.8. The lowest BCUT2D eigenvalue weighted by Gasteiger charge is -2.15. The number of hydrogen-bond donors (Lipinski definition) is 2. The minimum atomic E-state index is -0.558. The number of nitrogens with two attached hydrogens (primary N) is 1. The number of carbonyl (C=O) groups is 1. The highest BCUT2D eigenvalue weighted by molar-refractivity contribution is 5.83. The first kappa shape index (κ1) is 12.0. The van der Waals surface area contributed by atoms with Gasteiger partial charge in [0.1, 0.15) is 17.9 Å². The lowest BCUT2D eigenvalue weighted by molar-refractivity contribution is -0.118. The van der Waals surface area contributed by atoms with Gasteiger partial charge in [-0.05, 0) is 24.6 Å². The van der Waals surface area contributed by atoms with Crippen molar-refractivity contribution in [3.05, 3.63) is 29.6 Å². The third-order valence-corrected chi connectivity index (χ3v) is 2.18. The second-order valence-corrected chi connectivity index (χ2v) is 3.31. The Morgan fingerprint density at radius 2 is 2.38 bits per heavy atom. The Morgan fingerprint density at radius 1 is 1.69 bits per heavy atom. The largest absolute Gasteiger partial charge is 0.373 e. The van der Waals surface area contributed by atoms with E-state index in [2.05, 4.69) is 5.32 Å². The molecule has 1 amide bonds. The molecule has 1 aromatic rings. The number of nitriles is 1. The van der Waals surface area contributed by atoms with Crippen LogP contribution in [0.3, 0.4) is 0 Å². The third-order valence-electron chi connectivity index (χ3n) is 2.18. The molecule has 0 bridgehead atoms. The maximum absolute atomic E-state index is 12.8. The molecule has 3 N–H and O–H groups in total. The Morgan fingerprint density at radius 3 is 2.88 bits per heavy atom. The first-order valence-corrected chi connectivity index (χ1v) is 4.84. The average molecular weight is 221 g/mol. The van der Waals surface area contributed by atoms with E-state index in [9.17, 15) is 9.18 Å². The molecule has 0 fully saturated rings. The smallest absolute Gasteiger partial charge is 0.239 e. The number of anilines is 1. The minimum Gasteiger partial charge on any atom is -0.373 e. The number of nitrogens with one attached hydrogen (secondary N) is 1. The van der Waals surface area contributed by atoms with Gasteiger partial charge in [0.2, 0.25) is 5.91 Å². The van der Waals surface area contributed by atoms with Gasteiger partial charge in [0.25, 0.3) is 0 Å². The molecule has 0 aromatic heterocycles.